The van der Waals surface area contributed by atoms with E-state index in [1.807, 2.05) is 18.2 Å². The molecule has 1 N–H and O–H groups in total. The minimum absolute atomic E-state index is 0.165. The van der Waals surface area contributed by atoms with Gasteiger partial charge in [-0.1, -0.05) is 38.1 Å². The van der Waals surface area contributed by atoms with Crippen molar-refractivity contribution in [1.29, 1.82) is 0 Å². The molecule has 0 radical (unpaired) electrons. The Morgan fingerprint density at radius 1 is 1.16 bits per heavy atom. The van der Waals surface area contributed by atoms with Crippen LogP contribution in [0.5, 0.6) is 0 Å². The van der Waals surface area contributed by atoms with E-state index < -0.39 is 0 Å². The summed E-state index contributed by atoms with van der Waals surface area (Å²) in [7, 11) is 1.61. The molecule has 1 heterocycles. The lowest BCUT2D eigenvalue weighted by Gasteiger charge is -2.09. The second-order valence-electron chi connectivity index (χ2n) is 4.79. The summed E-state index contributed by atoms with van der Waals surface area (Å²) >= 11 is 0. The van der Waals surface area contributed by atoms with E-state index in [-0.39, 0.29) is 5.91 Å². The van der Waals surface area contributed by atoms with E-state index in [0.29, 0.717) is 11.6 Å². The standard InChI is InChI=1S/C16H18N2O/c1-11(2)12-5-4-6-13(9-12)14-7-8-18-15(10-14)16(19)17-3/h4-11H,1-3H3,(H,17,19). The van der Waals surface area contributed by atoms with Gasteiger partial charge in [-0.3, -0.25) is 9.78 Å². The first-order valence-corrected chi connectivity index (χ1v) is 6.40. The molecule has 0 fully saturated rings. The molecule has 3 nitrogen and oxygen atoms in total. The van der Waals surface area contributed by atoms with Crippen molar-refractivity contribution in [2.45, 2.75) is 19.8 Å². The zero-order chi connectivity index (χ0) is 13.8. The van der Waals surface area contributed by atoms with Crippen LogP contribution in [0.1, 0.15) is 35.8 Å². The average Bonchev–Trinajstić information content (AvgIpc) is 2.46. The van der Waals surface area contributed by atoms with Gasteiger partial charge in [-0.05, 0) is 34.7 Å². The number of aromatic nitrogens is 1. The van der Waals surface area contributed by atoms with Crippen LogP contribution in [0.25, 0.3) is 11.1 Å². The molecular weight excluding hydrogens is 236 g/mol. The van der Waals surface area contributed by atoms with E-state index in [0.717, 1.165) is 11.1 Å². The number of nitrogens with zero attached hydrogens (tertiary/aromatic N) is 1. The van der Waals surface area contributed by atoms with Crippen LogP contribution in [0.4, 0.5) is 0 Å². The molecule has 0 aliphatic heterocycles. The molecule has 0 unspecified atom stereocenters. The quantitative estimate of drug-likeness (QED) is 0.913. The number of hydrogen-bond donors (Lipinski definition) is 1. The first-order chi connectivity index (χ1) is 9.11. The van der Waals surface area contributed by atoms with Crippen LogP contribution in [-0.2, 0) is 0 Å². The molecule has 0 aliphatic carbocycles. The van der Waals surface area contributed by atoms with Crippen molar-refractivity contribution in [1.82, 2.24) is 10.3 Å². The van der Waals surface area contributed by atoms with Gasteiger partial charge in [-0.2, -0.15) is 0 Å². The SMILES string of the molecule is CNC(=O)c1cc(-c2cccc(C(C)C)c2)ccn1. The molecule has 1 aromatic heterocycles. The molecule has 1 aromatic carbocycles. The van der Waals surface area contributed by atoms with Crippen molar-refractivity contribution in [3.05, 3.63) is 53.9 Å². The first-order valence-electron chi connectivity index (χ1n) is 6.40. The van der Waals surface area contributed by atoms with Gasteiger partial charge in [0.05, 0.1) is 0 Å². The smallest absolute Gasteiger partial charge is 0.269 e. The Bertz CT molecular complexity index is 591. The largest absolute Gasteiger partial charge is 0.354 e. The Morgan fingerprint density at radius 2 is 1.89 bits per heavy atom. The molecule has 2 rings (SSSR count). The highest BCUT2D eigenvalue weighted by Crippen LogP contribution is 2.24. The minimum Gasteiger partial charge on any atom is -0.354 e. The van der Waals surface area contributed by atoms with Crippen molar-refractivity contribution in [3.63, 3.8) is 0 Å². The maximum Gasteiger partial charge on any atom is 0.269 e. The van der Waals surface area contributed by atoms with E-state index in [4.69, 9.17) is 0 Å². The molecule has 0 aliphatic rings. The van der Waals surface area contributed by atoms with Crippen molar-refractivity contribution in [3.8, 4) is 11.1 Å². The number of pyridine rings is 1. The van der Waals surface area contributed by atoms with Crippen molar-refractivity contribution >= 4 is 5.91 Å². The summed E-state index contributed by atoms with van der Waals surface area (Å²) in [5.41, 5.74) is 3.85. The van der Waals surface area contributed by atoms with Crippen LogP contribution in [0.2, 0.25) is 0 Å². The fourth-order valence-corrected chi connectivity index (χ4v) is 1.94. The molecule has 0 bridgehead atoms. The number of amides is 1. The molecule has 0 atom stereocenters. The predicted molar refractivity (Wildman–Crippen MR) is 77.2 cm³/mol. The van der Waals surface area contributed by atoms with Gasteiger partial charge in [0.25, 0.3) is 5.91 Å². The van der Waals surface area contributed by atoms with Gasteiger partial charge in [-0.15, -0.1) is 0 Å². The lowest BCUT2D eigenvalue weighted by atomic mass is 9.97. The molecule has 1 amide bonds. The lowest BCUT2D eigenvalue weighted by molar-refractivity contribution is 0.0958. The Balaban J connectivity index is 2.41. The summed E-state index contributed by atoms with van der Waals surface area (Å²) in [6.07, 6.45) is 1.67. The Morgan fingerprint density at radius 3 is 2.58 bits per heavy atom. The highest BCUT2D eigenvalue weighted by Gasteiger charge is 2.07. The van der Waals surface area contributed by atoms with Crippen molar-refractivity contribution < 1.29 is 4.79 Å². The van der Waals surface area contributed by atoms with Crippen LogP contribution in [0.3, 0.4) is 0 Å². The topological polar surface area (TPSA) is 42.0 Å². The van der Waals surface area contributed by atoms with Gasteiger partial charge in [0.2, 0.25) is 0 Å². The number of carbonyl (C=O) groups excluding carboxylic acids is 1. The summed E-state index contributed by atoms with van der Waals surface area (Å²) in [4.78, 5) is 15.7. The van der Waals surface area contributed by atoms with E-state index in [9.17, 15) is 4.79 Å². The molecular formula is C16H18N2O. The van der Waals surface area contributed by atoms with Gasteiger partial charge in [0.1, 0.15) is 5.69 Å². The van der Waals surface area contributed by atoms with Crippen LogP contribution < -0.4 is 5.32 Å². The first kappa shape index (κ1) is 13.3. The molecule has 0 saturated heterocycles. The van der Waals surface area contributed by atoms with Gasteiger partial charge in [0.15, 0.2) is 0 Å². The fraction of sp³-hybridized carbons (Fsp3) is 0.250. The van der Waals surface area contributed by atoms with Gasteiger partial charge >= 0.3 is 0 Å². The van der Waals surface area contributed by atoms with Crippen LogP contribution in [0.15, 0.2) is 42.6 Å². The maximum atomic E-state index is 11.6. The molecule has 2 aromatic rings. The van der Waals surface area contributed by atoms with Crippen molar-refractivity contribution in [2.24, 2.45) is 0 Å². The second kappa shape index (κ2) is 5.65. The summed E-state index contributed by atoms with van der Waals surface area (Å²) in [6, 6.07) is 12.1. The number of benzene rings is 1. The average molecular weight is 254 g/mol. The van der Waals surface area contributed by atoms with E-state index in [1.54, 1.807) is 13.2 Å². The zero-order valence-corrected chi connectivity index (χ0v) is 11.5. The van der Waals surface area contributed by atoms with Crippen LogP contribution in [0, 0.1) is 0 Å². The third kappa shape index (κ3) is 2.99. The number of nitrogens with one attached hydrogen (secondary N) is 1. The summed E-state index contributed by atoms with van der Waals surface area (Å²) in [6.45, 7) is 4.34. The van der Waals surface area contributed by atoms with E-state index in [2.05, 4.69) is 42.3 Å². The fourth-order valence-electron chi connectivity index (χ4n) is 1.94. The number of carbonyl (C=O) groups is 1. The predicted octanol–water partition coefficient (Wildman–Crippen LogP) is 3.23. The van der Waals surface area contributed by atoms with Crippen LogP contribution in [-0.4, -0.2) is 17.9 Å². The van der Waals surface area contributed by atoms with Gasteiger partial charge in [-0.25, -0.2) is 0 Å². The summed E-state index contributed by atoms with van der Waals surface area (Å²) < 4.78 is 0. The minimum atomic E-state index is -0.165. The van der Waals surface area contributed by atoms with Crippen molar-refractivity contribution in [2.75, 3.05) is 7.05 Å². The zero-order valence-electron chi connectivity index (χ0n) is 11.5. The molecule has 98 valence electrons. The third-order valence-corrected chi connectivity index (χ3v) is 3.11. The number of rotatable bonds is 3. The Labute approximate surface area is 113 Å². The third-order valence-electron chi connectivity index (χ3n) is 3.11. The lowest BCUT2D eigenvalue weighted by Crippen LogP contribution is -2.19. The number of hydrogen-bond acceptors (Lipinski definition) is 2. The summed E-state index contributed by atoms with van der Waals surface area (Å²) in [5, 5.41) is 2.59. The molecule has 19 heavy (non-hydrogen) atoms. The maximum absolute atomic E-state index is 11.6. The molecule has 3 heteroatoms. The van der Waals surface area contributed by atoms with Gasteiger partial charge in [0, 0.05) is 13.2 Å². The highest BCUT2D eigenvalue weighted by molar-refractivity contribution is 5.93. The second-order valence-corrected chi connectivity index (χ2v) is 4.79. The molecule has 0 saturated carbocycles. The van der Waals surface area contributed by atoms with Gasteiger partial charge < -0.3 is 5.32 Å². The highest BCUT2D eigenvalue weighted by atomic mass is 16.1. The van der Waals surface area contributed by atoms with E-state index >= 15 is 0 Å². The molecule has 0 spiro atoms. The Hall–Kier alpha value is -2.16. The van der Waals surface area contributed by atoms with E-state index in [1.165, 1.54) is 5.56 Å². The Kier molecular flexibility index (Phi) is 3.95. The monoisotopic (exact) mass is 254 g/mol. The summed E-state index contributed by atoms with van der Waals surface area (Å²) in [5.74, 6) is 0.321. The normalized spacial score (nSPS) is 10.5. The van der Waals surface area contributed by atoms with Crippen LogP contribution >= 0.6 is 0 Å².